The van der Waals surface area contributed by atoms with Crippen molar-refractivity contribution in [3.8, 4) is 11.5 Å². The van der Waals surface area contributed by atoms with Crippen LogP contribution in [0.1, 0.15) is 5.56 Å². The van der Waals surface area contributed by atoms with Crippen molar-refractivity contribution >= 4 is 10.0 Å². The van der Waals surface area contributed by atoms with Crippen LogP contribution in [0.25, 0.3) is 0 Å². The zero-order valence-corrected chi connectivity index (χ0v) is 8.41. The van der Waals surface area contributed by atoms with Crippen LogP contribution in [0.5, 0.6) is 11.5 Å². The molecule has 0 aliphatic carbocycles. The predicted octanol–water partition coefficient (Wildman–Crippen LogP) is 0.189. The Hall–Kier alpha value is -1.27. The zero-order chi connectivity index (χ0) is 10.8. The Morgan fingerprint density at radius 3 is 2.64 bits per heavy atom. The molecule has 0 aromatic heterocycles. The van der Waals surface area contributed by atoms with Gasteiger partial charge < -0.3 is 9.84 Å². The lowest BCUT2D eigenvalue weighted by molar-refractivity contribution is 0.408. The maximum Gasteiger partial charge on any atom is 0.213 e. The van der Waals surface area contributed by atoms with E-state index in [0.717, 1.165) is 0 Å². The van der Waals surface area contributed by atoms with Crippen LogP contribution in [-0.2, 0) is 15.8 Å². The van der Waals surface area contributed by atoms with Crippen LogP contribution >= 0.6 is 0 Å². The molecule has 0 fully saturated rings. The van der Waals surface area contributed by atoms with Crippen molar-refractivity contribution in [2.24, 2.45) is 5.14 Å². The molecule has 0 spiro atoms. The van der Waals surface area contributed by atoms with Crippen LogP contribution in [-0.4, -0.2) is 20.6 Å². The molecule has 0 radical (unpaired) electrons. The Morgan fingerprint density at radius 1 is 1.50 bits per heavy atom. The number of phenolic OH excluding ortho intramolecular Hbond substituents is 1. The highest BCUT2D eigenvalue weighted by atomic mass is 32.2. The van der Waals surface area contributed by atoms with Gasteiger partial charge in [-0.05, 0) is 18.2 Å². The van der Waals surface area contributed by atoms with E-state index in [-0.39, 0.29) is 11.5 Å². The Kier molecular flexibility index (Phi) is 2.97. The lowest BCUT2D eigenvalue weighted by atomic mass is 10.2. The number of nitrogens with two attached hydrogens (primary N) is 1. The van der Waals surface area contributed by atoms with Crippen molar-refractivity contribution in [3.63, 3.8) is 0 Å². The minimum absolute atomic E-state index is 0.0237. The lowest BCUT2D eigenvalue weighted by Crippen LogP contribution is -2.14. The first-order chi connectivity index (χ1) is 6.42. The molecule has 0 aliphatic heterocycles. The number of phenols is 1. The van der Waals surface area contributed by atoms with Crippen molar-refractivity contribution in [1.29, 1.82) is 0 Å². The lowest BCUT2D eigenvalue weighted by Gasteiger charge is -2.07. The number of methoxy groups -OCH3 is 1. The third kappa shape index (κ3) is 2.90. The second kappa shape index (κ2) is 3.85. The van der Waals surface area contributed by atoms with E-state index in [1.54, 1.807) is 0 Å². The molecule has 14 heavy (non-hydrogen) atoms. The fourth-order valence-corrected chi connectivity index (χ4v) is 1.75. The van der Waals surface area contributed by atoms with Crippen LogP contribution in [0, 0.1) is 0 Å². The molecular formula is C8H11NO4S. The van der Waals surface area contributed by atoms with Gasteiger partial charge >= 0.3 is 0 Å². The van der Waals surface area contributed by atoms with E-state index in [1.165, 1.54) is 25.3 Å². The van der Waals surface area contributed by atoms with Gasteiger partial charge in [0.25, 0.3) is 0 Å². The van der Waals surface area contributed by atoms with Gasteiger partial charge in [0, 0.05) is 5.56 Å². The van der Waals surface area contributed by atoms with Crippen LogP contribution in [0.2, 0.25) is 0 Å². The van der Waals surface area contributed by atoms with Crippen LogP contribution < -0.4 is 9.88 Å². The maximum absolute atomic E-state index is 10.8. The largest absolute Gasteiger partial charge is 0.508 e. The summed E-state index contributed by atoms with van der Waals surface area (Å²) in [5.41, 5.74) is 0.343. The monoisotopic (exact) mass is 217 g/mol. The summed E-state index contributed by atoms with van der Waals surface area (Å²) in [6.45, 7) is 0. The number of rotatable bonds is 3. The third-order valence-corrected chi connectivity index (χ3v) is 2.33. The highest BCUT2D eigenvalue weighted by molar-refractivity contribution is 7.88. The first-order valence-electron chi connectivity index (χ1n) is 3.79. The smallest absolute Gasteiger partial charge is 0.213 e. The van der Waals surface area contributed by atoms with Crippen molar-refractivity contribution in [3.05, 3.63) is 23.8 Å². The number of ether oxygens (including phenoxy) is 1. The molecule has 0 bridgehead atoms. The summed E-state index contributed by atoms with van der Waals surface area (Å²) in [6, 6.07) is 4.20. The topological polar surface area (TPSA) is 89.6 Å². The predicted molar refractivity (Wildman–Crippen MR) is 51.5 cm³/mol. The van der Waals surface area contributed by atoms with E-state index in [2.05, 4.69) is 0 Å². The summed E-state index contributed by atoms with van der Waals surface area (Å²) < 4.78 is 26.6. The molecule has 0 saturated heterocycles. The maximum atomic E-state index is 10.8. The van der Waals surface area contributed by atoms with E-state index in [9.17, 15) is 8.42 Å². The quantitative estimate of drug-likeness (QED) is 0.756. The number of hydrogen-bond acceptors (Lipinski definition) is 4. The molecule has 1 rings (SSSR count). The molecule has 0 saturated carbocycles. The molecule has 78 valence electrons. The minimum atomic E-state index is -3.62. The number of primary sulfonamides is 1. The fraction of sp³-hybridized carbons (Fsp3) is 0.250. The molecule has 0 unspecified atom stereocenters. The summed E-state index contributed by atoms with van der Waals surface area (Å²) in [6.07, 6.45) is 0. The standard InChI is InChI=1S/C8H11NO4S/c1-13-8-3-2-7(10)4-6(8)5-14(9,11)12/h2-4,10H,5H2,1H3,(H2,9,11,12). The molecule has 6 heteroatoms. The number of benzene rings is 1. The summed E-state index contributed by atoms with van der Waals surface area (Å²) in [4.78, 5) is 0. The third-order valence-electron chi connectivity index (χ3n) is 1.62. The van der Waals surface area contributed by atoms with Crippen molar-refractivity contribution < 1.29 is 18.3 Å². The molecule has 1 aromatic rings. The second-order valence-electron chi connectivity index (χ2n) is 2.80. The van der Waals surface area contributed by atoms with E-state index in [4.69, 9.17) is 15.0 Å². The Morgan fingerprint density at radius 2 is 2.14 bits per heavy atom. The molecule has 0 aliphatic rings. The van der Waals surface area contributed by atoms with E-state index < -0.39 is 10.0 Å². The van der Waals surface area contributed by atoms with Gasteiger partial charge in [-0.2, -0.15) is 0 Å². The average molecular weight is 217 g/mol. The first kappa shape index (κ1) is 10.8. The summed E-state index contributed by atoms with van der Waals surface area (Å²) in [5, 5.41) is 14.0. The van der Waals surface area contributed by atoms with Gasteiger partial charge in [-0.25, -0.2) is 13.6 Å². The van der Waals surface area contributed by atoms with Gasteiger partial charge in [-0.3, -0.25) is 0 Å². The van der Waals surface area contributed by atoms with Gasteiger partial charge in [0.05, 0.1) is 12.9 Å². The molecule has 5 nitrogen and oxygen atoms in total. The van der Waals surface area contributed by atoms with Gasteiger partial charge in [-0.15, -0.1) is 0 Å². The highest BCUT2D eigenvalue weighted by Crippen LogP contribution is 2.24. The molecule has 0 amide bonds. The van der Waals surface area contributed by atoms with Crippen LogP contribution in [0.3, 0.4) is 0 Å². The first-order valence-corrected chi connectivity index (χ1v) is 5.50. The van der Waals surface area contributed by atoms with Crippen LogP contribution in [0.15, 0.2) is 18.2 Å². The number of aromatic hydroxyl groups is 1. The van der Waals surface area contributed by atoms with Gasteiger partial charge in [0.1, 0.15) is 11.5 Å². The highest BCUT2D eigenvalue weighted by Gasteiger charge is 2.10. The SMILES string of the molecule is COc1ccc(O)cc1CS(N)(=O)=O. The van der Waals surface area contributed by atoms with Crippen molar-refractivity contribution in [2.45, 2.75) is 5.75 Å². The number of sulfonamides is 1. The average Bonchev–Trinajstić information content (AvgIpc) is 2.01. The molecule has 3 N–H and O–H groups in total. The van der Waals surface area contributed by atoms with E-state index in [0.29, 0.717) is 11.3 Å². The van der Waals surface area contributed by atoms with Gasteiger partial charge in [0.2, 0.25) is 10.0 Å². The Balaban J connectivity index is 3.11. The fourth-order valence-electron chi connectivity index (χ4n) is 1.09. The van der Waals surface area contributed by atoms with E-state index in [1.807, 2.05) is 0 Å². The molecule has 0 heterocycles. The van der Waals surface area contributed by atoms with Crippen molar-refractivity contribution in [2.75, 3.05) is 7.11 Å². The Labute approximate surface area is 82.2 Å². The van der Waals surface area contributed by atoms with Crippen molar-refractivity contribution in [1.82, 2.24) is 0 Å². The molecule has 1 aromatic carbocycles. The molecule has 0 atom stereocenters. The summed E-state index contributed by atoms with van der Waals surface area (Å²) >= 11 is 0. The van der Waals surface area contributed by atoms with Gasteiger partial charge in [0.15, 0.2) is 0 Å². The summed E-state index contributed by atoms with van der Waals surface area (Å²) in [5.74, 6) is 0.00572. The van der Waals surface area contributed by atoms with Gasteiger partial charge in [-0.1, -0.05) is 0 Å². The normalized spacial score (nSPS) is 11.3. The zero-order valence-electron chi connectivity index (χ0n) is 7.60. The van der Waals surface area contributed by atoms with Crippen LogP contribution in [0.4, 0.5) is 0 Å². The second-order valence-corrected chi connectivity index (χ2v) is 4.42. The number of hydrogen-bond donors (Lipinski definition) is 2. The summed E-state index contributed by atoms with van der Waals surface area (Å²) in [7, 11) is -2.20. The Bertz CT molecular complexity index is 427. The molecular weight excluding hydrogens is 206 g/mol. The van der Waals surface area contributed by atoms with E-state index >= 15 is 0 Å². The minimum Gasteiger partial charge on any atom is -0.508 e.